The molecule has 0 aromatic heterocycles. The maximum atomic E-state index is 3.87. The second-order valence-corrected chi connectivity index (χ2v) is 3.84. The van der Waals surface area contributed by atoms with Crippen molar-refractivity contribution in [2.45, 2.75) is 13.3 Å². The Morgan fingerprint density at radius 3 is 2.38 bits per heavy atom. The molecule has 0 unspecified atom stereocenters. The van der Waals surface area contributed by atoms with Crippen LogP contribution in [-0.2, 0) is 6.42 Å². The molecule has 0 aliphatic heterocycles. The Morgan fingerprint density at radius 1 is 1.00 bits per heavy atom. The van der Waals surface area contributed by atoms with E-state index < -0.39 is 0 Å². The van der Waals surface area contributed by atoms with Crippen LogP contribution in [0.15, 0.2) is 55.1 Å². The molecule has 2 aromatic carbocycles. The smallest absolute Gasteiger partial charge is 0.0178 e. The lowest BCUT2D eigenvalue weighted by Crippen LogP contribution is -1.87. The van der Waals surface area contributed by atoms with Crippen LogP contribution in [0.3, 0.4) is 0 Å². The van der Waals surface area contributed by atoms with Gasteiger partial charge in [-0.2, -0.15) is 0 Å². The van der Waals surface area contributed by atoms with Gasteiger partial charge in [-0.3, -0.25) is 0 Å². The topological polar surface area (TPSA) is 0 Å². The molecule has 2 rings (SSSR count). The van der Waals surface area contributed by atoms with E-state index in [4.69, 9.17) is 0 Å². The minimum absolute atomic E-state index is 1.05. The first-order valence-electron chi connectivity index (χ1n) is 5.66. The normalized spacial score (nSPS) is 10.1. The molecule has 0 heteroatoms. The molecule has 0 aliphatic rings. The first-order valence-corrected chi connectivity index (χ1v) is 5.66. The molecule has 0 N–H and O–H groups in total. The van der Waals surface area contributed by atoms with Crippen LogP contribution in [-0.4, -0.2) is 0 Å². The monoisotopic (exact) mass is 208 g/mol. The Balaban J connectivity index is 2.48. The number of hydrogen-bond donors (Lipinski definition) is 0. The molecule has 2 aromatic rings. The molecule has 0 amide bonds. The Morgan fingerprint density at radius 2 is 1.75 bits per heavy atom. The second kappa shape index (κ2) is 4.80. The molecule has 0 radical (unpaired) electrons. The van der Waals surface area contributed by atoms with Crippen LogP contribution in [0.1, 0.15) is 18.1 Å². The lowest BCUT2D eigenvalue weighted by molar-refractivity contribution is 1.13. The van der Waals surface area contributed by atoms with Gasteiger partial charge in [-0.15, -0.1) is 0 Å². The highest BCUT2D eigenvalue weighted by molar-refractivity contribution is 5.68. The quantitative estimate of drug-likeness (QED) is 0.693. The highest BCUT2D eigenvalue weighted by Crippen LogP contribution is 2.23. The molecule has 0 atom stereocenters. The summed E-state index contributed by atoms with van der Waals surface area (Å²) in [5.74, 6) is 0. The fraction of sp³-hybridized carbons (Fsp3) is 0.125. The first kappa shape index (κ1) is 10.7. The van der Waals surface area contributed by atoms with Gasteiger partial charge < -0.3 is 0 Å². The van der Waals surface area contributed by atoms with Crippen LogP contribution in [0.25, 0.3) is 17.2 Å². The molecule has 0 aliphatic carbocycles. The molecule has 0 heterocycles. The molecule has 80 valence electrons. The summed E-state index contributed by atoms with van der Waals surface area (Å²) in [4.78, 5) is 0. The molecule has 0 saturated heterocycles. The average molecular weight is 208 g/mol. The second-order valence-electron chi connectivity index (χ2n) is 3.84. The lowest BCUT2D eigenvalue weighted by atomic mass is 9.98. The summed E-state index contributed by atoms with van der Waals surface area (Å²) in [7, 11) is 0. The zero-order chi connectivity index (χ0) is 11.4. The molecular formula is C16H16. The van der Waals surface area contributed by atoms with Gasteiger partial charge in [0.25, 0.3) is 0 Å². The molecule has 0 saturated carbocycles. The Labute approximate surface area is 97.3 Å². The predicted molar refractivity (Wildman–Crippen MR) is 71.3 cm³/mol. The molecule has 0 nitrogen and oxygen atoms in total. The van der Waals surface area contributed by atoms with E-state index in [1.807, 2.05) is 12.1 Å². The van der Waals surface area contributed by atoms with Gasteiger partial charge in [-0.05, 0) is 34.7 Å². The van der Waals surface area contributed by atoms with Crippen molar-refractivity contribution >= 4 is 6.08 Å². The van der Waals surface area contributed by atoms with Gasteiger partial charge in [0.15, 0.2) is 0 Å². The summed E-state index contributed by atoms with van der Waals surface area (Å²) >= 11 is 0. The summed E-state index contributed by atoms with van der Waals surface area (Å²) in [6.45, 7) is 6.05. The zero-order valence-corrected chi connectivity index (χ0v) is 9.61. The first-order chi connectivity index (χ1) is 7.85. The maximum Gasteiger partial charge on any atom is -0.0178 e. The Bertz CT molecular complexity index is 481. The molecular weight excluding hydrogens is 192 g/mol. The Hall–Kier alpha value is -1.82. The third-order valence-electron chi connectivity index (χ3n) is 2.85. The van der Waals surface area contributed by atoms with Crippen LogP contribution in [0.2, 0.25) is 0 Å². The van der Waals surface area contributed by atoms with Gasteiger partial charge in [-0.1, -0.05) is 62.0 Å². The lowest BCUT2D eigenvalue weighted by Gasteiger charge is -2.07. The number of benzene rings is 2. The minimum atomic E-state index is 1.05. The maximum absolute atomic E-state index is 3.87. The highest BCUT2D eigenvalue weighted by atomic mass is 14.1. The number of aryl methyl sites for hydroxylation is 1. The summed E-state index contributed by atoms with van der Waals surface area (Å²) in [6.07, 6.45) is 2.99. The molecule has 16 heavy (non-hydrogen) atoms. The minimum Gasteiger partial charge on any atom is -0.0985 e. The molecule has 0 bridgehead atoms. The van der Waals surface area contributed by atoms with Gasteiger partial charge in [0.05, 0.1) is 0 Å². The van der Waals surface area contributed by atoms with E-state index in [9.17, 15) is 0 Å². The van der Waals surface area contributed by atoms with Gasteiger partial charge in [-0.25, -0.2) is 0 Å². The van der Waals surface area contributed by atoms with Gasteiger partial charge in [0.2, 0.25) is 0 Å². The Kier molecular flexibility index (Phi) is 3.21. The van der Waals surface area contributed by atoms with Crippen LogP contribution >= 0.6 is 0 Å². The predicted octanol–water partition coefficient (Wildman–Crippen LogP) is 4.56. The van der Waals surface area contributed by atoms with Crippen LogP contribution in [0, 0.1) is 0 Å². The van der Waals surface area contributed by atoms with E-state index in [2.05, 4.69) is 56.0 Å². The summed E-state index contributed by atoms with van der Waals surface area (Å²) < 4.78 is 0. The summed E-state index contributed by atoms with van der Waals surface area (Å²) in [5, 5.41) is 0. The third-order valence-corrected chi connectivity index (χ3v) is 2.85. The fourth-order valence-corrected chi connectivity index (χ4v) is 1.92. The number of hydrogen-bond acceptors (Lipinski definition) is 0. The summed E-state index contributed by atoms with van der Waals surface area (Å²) in [5.41, 5.74) is 5.11. The van der Waals surface area contributed by atoms with E-state index in [0.717, 1.165) is 6.42 Å². The van der Waals surface area contributed by atoms with Gasteiger partial charge >= 0.3 is 0 Å². The van der Waals surface area contributed by atoms with E-state index >= 15 is 0 Å². The van der Waals surface area contributed by atoms with E-state index in [-0.39, 0.29) is 0 Å². The molecule has 0 fully saturated rings. The van der Waals surface area contributed by atoms with Crippen molar-refractivity contribution in [3.05, 3.63) is 66.2 Å². The summed E-state index contributed by atoms with van der Waals surface area (Å²) in [6, 6.07) is 17.0. The van der Waals surface area contributed by atoms with Crippen molar-refractivity contribution in [1.29, 1.82) is 0 Å². The van der Waals surface area contributed by atoms with Gasteiger partial charge in [0, 0.05) is 0 Å². The standard InChI is InChI=1S/C16H16/c1-3-13-10-11-16(12-14(13)4-2)15-8-6-5-7-9-15/h4-12H,2-3H2,1H3. The van der Waals surface area contributed by atoms with Crippen molar-refractivity contribution in [1.82, 2.24) is 0 Å². The van der Waals surface area contributed by atoms with Crippen molar-refractivity contribution in [3.8, 4) is 11.1 Å². The zero-order valence-electron chi connectivity index (χ0n) is 9.61. The molecule has 0 spiro atoms. The van der Waals surface area contributed by atoms with Crippen LogP contribution in [0.5, 0.6) is 0 Å². The van der Waals surface area contributed by atoms with Crippen molar-refractivity contribution in [2.75, 3.05) is 0 Å². The largest absolute Gasteiger partial charge is 0.0985 e. The van der Waals surface area contributed by atoms with Crippen molar-refractivity contribution in [3.63, 3.8) is 0 Å². The van der Waals surface area contributed by atoms with E-state index in [1.165, 1.54) is 22.3 Å². The third kappa shape index (κ3) is 2.06. The SMILES string of the molecule is C=Cc1cc(-c2ccccc2)ccc1CC. The van der Waals surface area contributed by atoms with Gasteiger partial charge in [0.1, 0.15) is 0 Å². The number of rotatable bonds is 3. The van der Waals surface area contributed by atoms with Crippen molar-refractivity contribution in [2.24, 2.45) is 0 Å². The highest BCUT2D eigenvalue weighted by Gasteiger charge is 2.01. The van der Waals surface area contributed by atoms with Crippen LogP contribution in [0.4, 0.5) is 0 Å². The van der Waals surface area contributed by atoms with E-state index in [0.29, 0.717) is 0 Å². The van der Waals surface area contributed by atoms with Crippen molar-refractivity contribution < 1.29 is 0 Å². The average Bonchev–Trinajstić information content (AvgIpc) is 2.39. The fourth-order valence-electron chi connectivity index (χ4n) is 1.92. The van der Waals surface area contributed by atoms with Crippen LogP contribution < -0.4 is 0 Å². The van der Waals surface area contributed by atoms with E-state index in [1.54, 1.807) is 0 Å².